The Kier molecular flexibility index (Phi) is 3.95. The summed E-state index contributed by atoms with van der Waals surface area (Å²) in [4.78, 5) is 4.75. The first-order chi connectivity index (χ1) is 9.83. The summed E-state index contributed by atoms with van der Waals surface area (Å²) in [6, 6.07) is 0. The van der Waals surface area contributed by atoms with Crippen LogP contribution in [0, 0.1) is 0 Å². The summed E-state index contributed by atoms with van der Waals surface area (Å²) >= 11 is 0. The second-order valence-electron chi connectivity index (χ2n) is 5.77. The highest BCUT2D eigenvalue weighted by Gasteiger charge is 2.25. The van der Waals surface area contributed by atoms with Gasteiger partial charge in [-0.25, -0.2) is 0 Å². The van der Waals surface area contributed by atoms with Crippen molar-refractivity contribution in [1.29, 1.82) is 0 Å². The first-order valence-electron chi connectivity index (χ1n) is 7.36. The van der Waals surface area contributed by atoms with E-state index in [0.717, 1.165) is 50.5 Å². The number of nitrogens with zero attached hydrogens (tertiary/aromatic N) is 7. The highest BCUT2D eigenvalue weighted by molar-refractivity contribution is 5.85. The molecule has 2 aliphatic rings. The molecular weight excluding hydrogens is 290 g/mol. The number of hydrogen-bond acceptors (Lipinski definition) is 6. The molecule has 0 radical (unpaired) electrons. The predicted molar refractivity (Wildman–Crippen MR) is 82.2 cm³/mol. The lowest BCUT2D eigenvalue weighted by Gasteiger charge is -2.35. The van der Waals surface area contributed by atoms with Crippen molar-refractivity contribution in [2.75, 3.05) is 38.1 Å². The number of piperazine rings is 1. The number of hydrogen-bond donors (Lipinski definition) is 0. The van der Waals surface area contributed by atoms with Crippen molar-refractivity contribution < 1.29 is 0 Å². The first kappa shape index (κ1) is 14.5. The molecule has 0 spiro atoms. The smallest absolute Gasteiger partial charge is 0.203 e. The highest BCUT2D eigenvalue weighted by atomic mass is 35.5. The standard InChI is InChI=1S/C13H19N7.ClH/c1-18-6-8-19(9-7-18)13-11-5-3-2-4-10(11)12-14-16-17-20(12)15-13;/h2-9H2,1H3;1H. The van der Waals surface area contributed by atoms with Crippen LogP contribution >= 0.6 is 12.4 Å². The molecule has 0 unspecified atom stereocenters. The third-order valence-electron chi connectivity index (χ3n) is 4.45. The van der Waals surface area contributed by atoms with Crippen LogP contribution in [0.3, 0.4) is 0 Å². The average Bonchev–Trinajstić information content (AvgIpc) is 2.96. The lowest BCUT2D eigenvalue weighted by molar-refractivity contribution is 0.311. The van der Waals surface area contributed by atoms with E-state index in [0.29, 0.717) is 0 Å². The van der Waals surface area contributed by atoms with E-state index < -0.39 is 0 Å². The summed E-state index contributed by atoms with van der Waals surface area (Å²) in [5.41, 5.74) is 3.53. The highest BCUT2D eigenvalue weighted by Crippen LogP contribution is 2.30. The quantitative estimate of drug-likeness (QED) is 0.767. The molecule has 8 heteroatoms. The van der Waals surface area contributed by atoms with Crippen LogP contribution in [0.15, 0.2) is 0 Å². The predicted octanol–water partition coefficient (Wildman–Crippen LogP) is 0.572. The Hall–Kier alpha value is -1.47. The van der Waals surface area contributed by atoms with Gasteiger partial charge in [-0.1, -0.05) is 0 Å². The Morgan fingerprint density at radius 3 is 2.43 bits per heavy atom. The molecule has 0 saturated carbocycles. The van der Waals surface area contributed by atoms with Gasteiger partial charge >= 0.3 is 0 Å². The van der Waals surface area contributed by atoms with Crippen molar-refractivity contribution >= 4 is 23.9 Å². The second kappa shape index (κ2) is 5.73. The van der Waals surface area contributed by atoms with E-state index in [-0.39, 0.29) is 12.4 Å². The maximum Gasteiger partial charge on any atom is 0.203 e. The molecule has 1 aliphatic heterocycles. The monoisotopic (exact) mass is 309 g/mol. The number of likely N-dealkylation sites (N-methyl/N-ethyl adjacent to an activating group) is 1. The minimum atomic E-state index is 0. The van der Waals surface area contributed by atoms with E-state index in [4.69, 9.17) is 0 Å². The first-order valence-corrected chi connectivity index (χ1v) is 7.36. The molecule has 1 fully saturated rings. The van der Waals surface area contributed by atoms with Crippen molar-refractivity contribution in [1.82, 2.24) is 30.2 Å². The van der Waals surface area contributed by atoms with Gasteiger partial charge in [-0.05, 0) is 43.2 Å². The summed E-state index contributed by atoms with van der Waals surface area (Å²) in [5, 5.41) is 16.6. The van der Waals surface area contributed by atoms with Gasteiger partial charge in [0.2, 0.25) is 5.65 Å². The molecule has 0 amide bonds. The van der Waals surface area contributed by atoms with Gasteiger partial charge in [0.05, 0.1) is 0 Å². The van der Waals surface area contributed by atoms with Crippen molar-refractivity contribution in [3.8, 4) is 0 Å². The van der Waals surface area contributed by atoms with Crippen molar-refractivity contribution in [2.24, 2.45) is 0 Å². The molecule has 3 heterocycles. The van der Waals surface area contributed by atoms with Crippen LogP contribution in [0.4, 0.5) is 5.82 Å². The van der Waals surface area contributed by atoms with E-state index in [1.54, 1.807) is 4.63 Å². The van der Waals surface area contributed by atoms with Crippen LogP contribution < -0.4 is 4.90 Å². The molecule has 114 valence electrons. The van der Waals surface area contributed by atoms with Crippen molar-refractivity contribution in [3.63, 3.8) is 0 Å². The lowest BCUT2D eigenvalue weighted by Crippen LogP contribution is -2.45. The zero-order chi connectivity index (χ0) is 13.5. The largest absolute Gasteiger partial charge is 0.352 e. The molecular formula is C13H20ClN7. The van der Waals surface area contributed by atoms with Gasteiger partial charge in [0.1, 0.15) is 0 Å². The summed E-state index contributed by atoms with van der Waals surface area (Å²) in [6.45, 7) is 4.24. The number of anilines is 1. The minimum absolute atomic E-state index is 0. The number of aryl methyl sites for hydroxylation is 1. The second-order valence-corrected chi connectivity index (χ2v) is 5.77. The maximum atomic E-state index is 4.69. The summed E-state index contributed by atoms with van der Waals surface area (Å²) < 4.78 is 1.61. The van der Waals surface area contributed by atoms with E-state index in [9.17, 15) is 0 Å². The van der Waals surface area contributed by atoms with Gasteiger partial charge in [0.15, 0.2) is 5.82 Å². The fourth-order valence-electron chi connectivity index (χ4n) is 3.25. The molecule has 1 aliphatic carbocycles. The maximum absolute atomic E-state index is 4.69. The zero-order valence-electron chi connectivity index (χ0n) is 12.2. The van der Waals surface area contributed by atoms with Crippen LogP contribution in [-0.2, 0) is 12.8 Å². The average molecular weight is 310 g/mol. The van der Waals surface area contributed by atoms with E-state index >= 15 is 0 Å². The Morgan fingerprint density at radius 1 is 0.952 bits per heavy atom. The van der Waals surface area contributed by atoms with Crippen LogP contribution in [0.2, 0.25) is 0 Å². The molecule has 7 nitrogen and oxygen atoms in total. The van der Waals surface area contributed by atoms with Gasteiger partial charge < -0.3 is 9.80 Å². The molecule has 0 N–H and O–H groups in total. The van der Waals surface area contributed by atoms with Gasteiger partial charge in [-0.3, -0.25) is 0 Å². The molecule has 21 heavy (non-hydrogen) atoms. The van der Waals surface area contributed by atoms with E-state index in [1.807, 2.05) is 0 Å². The van der Waals surface area contributed by atoms with Gasteiger partial charge in [0, 0.05) is 37.3 Å². The molecule has 0 aromatic carbocycles. The molecule has 2 aromatic heterocycles. The van der Waals surface area contributed by atoms with Crippen molar-refractivity contribution in [2.45, 2.75) is 25.7 Å². The van der Waals surface area contributed by atoms with E-state index in [2.05, 4.69) is 37.5 Å². The summed E-state index contributed by atoms with van der Waals surface area (Å²) in [5.74, 6) is 1.10. The van der Waals surface area contributed by atoms with Crippen LogP contribution in [-0.4, -0.2) is 63.4 Å². The Bertz CT molecular complexity index is 633. The van der Waals surface area contributed by atoms with Crippen LogP contribution in [0.5, 0.6) is 0 Å². The molecule has 2 aromatic rings. The number of rotatable bonds is 1. The molecule has 0 bridgehead atoms. The fraction of sp³-hybridized carbons (Fsp3) is 0.692. The number of aromatic nitrogens is 5. The van der Waals surface area contributed by atoms with Crippen LogP contribution in [0.25, 0.3) is 5.65 Å². The normalized spacial score (nSPS) is 19.4. The van der Waals surface area contributed by atoms with Crippen LogP contribution in [0.1, 0.15) is 24.0 Å². The molecule has 1 saturated heterocycles. The van der Waals surface area contributed by atoms with Gasteiger partial charge in [0.25, 0.3) is 0 Å². The van der Waals surface area contributed by atoms with Gasteiger partial charge in [-0.15, -0.1) is 27.2 Å². The van der Waals surface area contributed by atoms with Crippen molar-refractivity contribution in [3.05, 3.63) is 11.1 Å². The summed E-state index contributed by atoms with van der Waals surface area (Å²) in [6.07, 6.45) is 4.64. The number of fused-ring (bicyclic) bond motifs is 3. The fourth-order valence-corrected chi connectivity index (χ4v) is 3.25. The lowest BCUT2D eigenvalue weighted by atomic mass is 9.92. The summed E-state index contributed by atoms with van der Waals surface area (Å²) in [7, 11) is 2.17. The Balaban J connectivity index is 0.00000132. The third-order valence-corrected chi connectivity index (χ3v) is 4.45. The third kappa shape index (κ3) is 2.44. The number of tetrazole rings is 1. The zero-order valence-corrected chi connectivity index (χ0v) is 13.0. The Morgan fingerprint density at radius 2 is 1.67 bits per heavy atom. The molecule has 0 atom stereocenters. The number of halogens is 1. The topological polar surface area (TPSA) is 62.5 Å². The van der Waals surface area contributed by atoms with E-state index in [1.165, 1.54) is 24.0 Å². The SMILES string of the molecule is CN1CCN(c2nn3nnnc3c3c2CCCC3)CC1.Cl. The van der Waals surface area contributed by atoms with Gasteiger partial charge in [-0.2, -0.15) is 0 Å². The minimum Gasteiger partial charge on any atom is -0.352 e. The molecule has 4 rings (SSSR count). The Labute approximate surface area is 129 Å².